The van der Waals surface area contributed by atoms with E-state index >= 15 is 0 Å². The molecule has 1 aliphatic rings. The molecule has 1 saturated heterocycles. The third-order valence-electron chi connectivity index (χ3n) is 2.94. The van der Waals surface area contributed by atoms with Crippen LogP contribution in [-0.2, 0) is 20.8 Å². The molecule has 100 valence electrons. The highest BCUT2D eigenvalue weighted by Gasteiger charge is 2.42. The number of ether oxygens (including phenoxy) is 3. The van der Waals surface area contributed by atoms with Gasteiger partial charge in [-0.15, -0.1) is 0 Å². The lowest BCUT2D eigenvalue weighted by Gasteiger charge is -2.14. The van der Waals surface area contributed by atoms with Gasteiger partial charge in [0.1, 0.15) is 18.3 Å². The zero-order chi connectivity index (χ0) is 13.0. The van der Waals surface area contributed by atoms with Crippen LogP contribution in [0.2, 0.25) is 0 Å². The number of aliphatic hydroxyl groups excluding tert-OH is 2. The van der Waals surface area contributed by atoms with Crippen molar-refractivity contribution in [1.82, 2.24) is 0 Å². The molecule has 1 aliphatic heterocycles. The summed E-state index contributed by atoms with van der Waals surface area (Å²) in [7, 11) is 1.42. The molecule has 5 heteroatoms. The van der Waals surface area contributed by atoms with Crippen LogP contribution in [0.25, 0.3) is 0 Å². The van der Waals surface area contributed by atoms with E-state index in [0.717, 1.165) is 5.56 Å². The maximum absolute atomic E-state index is 9.72. The van der Waals surface area contributed by atoms with Gasteiger partial charge in [-0.25, -0.2) is 0 Å². The number of hydrogen-bond acceptors (Lipinski definition) is 5. The smallest absolute Gasteiger partial charge is 0.186 e. The van der Waals surface area contributed by atoms with Crippen LogP contribution < -0.4 is 0 Å². The van der Waals surface area contributed by atoms with Crippen LogP contribution in [-0.4, -0.2) is 48.5 Å². The van der Waals surface area contributed by atoms with Crippen molar-refractivity contribution in [2.24, 2.45) is 0 Å². The number of aliphatic hydroxyl groups is 2. The summed E-state index contributed by atoms with van der Waals surface area (Å²) in [6, 6.07) is 9.72. The van der Waals surface area contributed by atoms with E-state index in [1.807, 2.05) is 30.3 Å². The van der Waals surface area contributed by atoms with E-state index in [1.54, 1.807) is 0 Å². The number of hydrogen-bond donors (Lipinski definition) is 2. The van der Waals surface area contributed by atoms with Crippen LogP contribution in [0.1, 0.15) is 5.56 Å². The van der Waals surface area contributed by atoms with E-state index in [4.69, 9.17) is 14.2 Å². The van der Waals surface area contributed by atoms with Crippen LogP contribution in [0.4, 0.5) is 0 Å². The lowest BCUT2D eigenvalue weighted by Crippen LogP contribution is -2.34. The molecule has 1 aromatic carbocycles. The molecule has 2 rings (SSSR count). The van der Waals surface area contributed by atoms with Crippen LogP contribution in [0, 0.1) is 0 Å². The quantitative estimate of drug-likeness (QED) is 0.791. The fraction of sp³-hybridized carbons (Fsp3) is 0.538. The molecule has 0 aromatic heterocycles. The average Bonchev–Trinajstić information content (AvgIpc) is 2.68. The first-order valence-corrected chi connectivity index (χ1v) is 5.88. The predicted octanol–water partition coefficient (Wildman–Crippen LogP) is 0.296. The highest BCUT2D eigenvalue weighted by molar-refractivity contribution is 5.13. The monoisotopic (exact) mass is 254 g/mol. The predicted molar refractivity (Wildman–Crippen MR) is 63.8 cm³/mol. The molecule has 2 N–H and O–H groups in total. The summed E-state index contributed by atoms with van der Waals surface area (Å²) in [4.78, 5) is 0. The van der Waals surface area contributed by atoms with E-state index in [0.29, 0.717) is 6.61 Å². The third-order valence-corrected chi connectivity index (χ3v) is 2.94. The van der Waals surface area contributed by atoms with E-state index in [9.17, 15) is 10.2 Å². The summed E-state index contributed by atoms with van der Waals surface area (Å²) >= 11 is 0. The largest absolute Gasteiger partial charge is 0.387 e. The molecule has 0 spiro atoms. The van der Waals surface area contributed by atoms with Gasteiger partial charge in [0.15, 0.2) is 6.29 Å². The highest BCUT2D eigenvalue weighted by Crippen LogP contribution is 2.22. The van der Waals surface area contributed by atoms with Gasteiger partial charge in [-0.2, -0.15) is 0 Å². The van der Waals surface area contributed by atoms with Gasteiger partial charge in [-0.3, -0.25) is 0 Å². The number of methoxy groups -OCH3 is 1. The first-order valence-electron chi connectivity index (χ1n) is 5.88. The fourth-order valence-electron chi connectivity index (χ4n) is 1.91. The zero-order valence-electron chi connectivity index (χ0n) is 10.2. The topological polar surface area (TPSA) is 68.2 Å². The summed E-state index contributed by atoms with van der Waals surface area (Å²) in [5.74, 6) is 0. The van der Waals surface area contributed by atoms with Crippen molar-refractivity contribution < 1.29 is 24.4 Å². The van der Waals surface area contributed by atoms with Gasteiger partial charge in [0.2, 0.25) is 0 Å². The van der Waals surface area contributed by atoms with Crippen LogP contribution in [0.5, 0.6) is 0 Å². The van der Waals surface area contributed by atoms with Gasteiger partial charge in [-0.05, 0) is 5.56 Å². The molecule has 4 atom stereocenters. The van der Waals surface area contributed by atoms with Crippen molar-refractivity contribution in [3.63, 3.8) is 0 Å². The molecule has 5 nitrogen and oxygen atoms in total. The fourth-order valence-corrected chi connectivity index (χ4v) is 1.91. The maximum Gasteiger partial charge on any atom is 0.186 e. The SMILES string of the molecule is CO[C@H]1O[C@H](COCc2ccccc2)[C@@H](O)[C@@H]1O. The number of rotatable bonds is 5. The Morgan fingerprint density at radius 1 is 1.17 bits per heavy atom. The Morgan fingerprint density at radius 2 is 1.89 bits per heavy atom. The molecule has 0 amide bonds. The van der Waals surface area contributed by atoms with Crippen molar-refractivity contribution in [3.8, 4) is 0 Å². The van der Waals surface area contributed by atoms with Crippen molar-refractivity contribution in [2.45, 2.75) is 31.2 Å². The van der Waals surface area contributed by atoms with Gasteiger partial charge in [-0.1, -0.05) is 30.3 Å². The highest BCUT2D eigenvalue weighted by atomic mass is 16.7. The summed E-state index contributed by atoms with van der Waals surface area (Å²) in [5.41, 5.74) is 1.05. The minimum Gasteiger partial charge on any atom is -0.387 e. The Morgan fingerprint density at radius 3 is 2.50 bits per heavy atom. The van der Waals surface area contributed by atoms with E-state index in [-0.39, 0.29) is 6.61 Å². The van der Waals surface area contributed by atoms with Crippen LogP contribution >= 0.6 is 0 Å². The van der Waals surface area contributed by atoms with E-state index < -0.39 is 24.6 Å². The second-order valence-corrected chi connectivity index (χ2v) is 4.26. The second kappa shape index (κ2) is 6.26. The molecule has 1 fully saturated rings. The molecule has 0 radical (unpaired) electrons. The lowest BCUT2D eigenvalue weighted by atomic mass is 10.1. The lowest BCUT2D eigenvalue weighted by molar-refractivity contribution is -0.156. The summed E-state index contributed by atoms with van der Waals surface area (Å²) in [6.07, 6.45) is -3.36. The molecule has 1 heterocycles. The van der Waals surface area contributed by atoms with E-state index in [1.165, 1.54) is 7.11 Å². The first kappa shape index (κ1) is 13.5. The molecule has 0 bridgehead atoms. The van der Waals surface area contributed by atoms with Crippen molar-refractivity contribution in [3.05, 3.63) is 35.9 Å². The maximum atomic E-state index is 9.72. The molecular formula is C13H18O5. The Kier molecular flexibility index (Phi) is 4.68. The molecule has 1 aromatic rings. The Balaban J connectivity index is 1.77. The molecular weight excluding hydrogens is 236 g/mol. The van der Waals surface area contributed by atoms with Gasteiger partial charge in [0.25, 0.3) is 0 Å². The molecule has 0 saturated carbocycles. The van der Waals surface area contributed by atoms with Crippen molar-refractivity contribution >= 4 is 0 Å². The van der Waals surface area contributed by atoms with Crippen molar-refractivity contribution in [2.75, 3.05) is 13.7 Å². The Hall–Kier alpha value is -0.980. The summed E-state index contributed by atoms with van der Waals surface area (Å²) in [5, 5.41) is 19.3. The third kappa shape index (κ3) is 3.07. The molecule has 0 aliphatic carbocycles. The van der Waals surface area contributed by atoms with Gasteiger partial charge >= 0.3 is 0 Å². The summed E-state index contributed by atoms with van der Waals surface area (Å²) < 4.78 is 15.7. The standard InChI is InChI=1S/C13H18O5/c1-16-13-12(15)11(14)10(18-13)8-17-7-9-5-3-2-4-6-9/h2-6,10-15H,7-8H2,1H3/t10-,11-,12+,13+/m1/s1. The van der Waals surface area contributed by atoms with Crippen LogP contribution in [0.15, 0.2) is 30.3 Å². The normalized spacial score (nSPS) is 31.7. The van der Waals surface area contributed by atoms with E-state index in [2.05, 4.69) is 0 Å². The van der Waals surface area contributed by atoms with Gasteiger partial charge < -0.3 is 24.4 Å². The second-order valence-electron chi connectivity index (χ2n) is 4.26. The van der Waals surface area contributed by atoms with Crippen molar-refractivity contribution in [1.29, 1.82) is 0 Å². The Labute approximate surface area is 106 Å². The number of benzene rings is 1. The first-order chi connectivity index (χ1) is 8.72. The minimum atomic E-state index is -1.03. The zero-order valence-corrected chi connectivity index (χ0v) is 10.2. The minimum absolute atomic E-state index is 0.215. The van der Waals surface area contributed by atoms with Gasteiger partial charge in [0, 0.05) is 7.11 Å². The Bertz CT molecular complexity index is 356. The van der Waals surface area contributed by atoms with Crippen LogP contribution in [0.3, 0.4) is 0 Å². The van der Waals surface area contributed by atoms with Gasteiger partial charge in [0.05, 0.1) is 13.2 Å². The molecule has 0 unspecified atom stereocenters. The average molecular weight is 254 g/mol. The summed E-state index contributed by atoms with van der Waals surface area (Å²) in [6.45, 7) is 0.661. The molecule has 18 heavy (non-hydrogen) atoms.